The lowest BCUT2D eigenvalue weighted by Gasteiger charge is -2.22. The molecule has 102 valence electrons. The third kappa shape index (κ3) is 3.70. The van der Waals surface area contributed by atoms with Gasteiger partial charge in [0.15, 0.2) is 0 Å². The van der Waals surface area contributed by atoms with E-state index in [1.807, 2.05) is 0 Å². The number of nitrogens with two attached hydrogens (primary N) is 1. The number of carbonyl (C=O) groups excluding carboxylic acids is 2. The van der Waals surface area contributed by atoms with Crippen molar-refractivity contribution in [3.05, 3.63) is 0 Å². The second-order valence-electron chi connectivity index (χ2n) is 5.37. The summed E-state index contributed by atoms with van der Waals surface area (Å²) in [4.78, 5) is 25.4. The highest BCUT2D eigenvalue weighted by Gasteiger charge is 2.31. The summed E-state index contributed by atoms with van der Waals surface area (Å²) in [6.07, 6.45) is 5.93. The molecular formula is C13H23N3O2. The summed E-state index contributed by atoms with van der Waals surface area (Å²) in [6, 6.07) is 0.0968. The Morgan fingerprint density at radius 3 is 2.83 bits per heavy atom. The van der Waals surface area contributed by atoms with Gasteiger partial charge in [0.25, 0.3) is 0 Å². The van der Waals surface area contributed by atoms with E-state index in [0.717, 1.165) is 32.1 Å². The molecule has 3 N–H and O–H groups in total. The van der Waals surface area contributed by atoms with Crippen LogP contribution in [0.2, 0.25) is 0 Å². The third-order valence-corrected chi connectivity index (χ3v) is 3.80. The number of carbonyl (C=O) groups is 2. The van der Waals surface area contributed by atoms with Gasteiger partial charge < -0.3 is 16.0 Å². The topological polar surface area (TPSA) is 75.4 Å². The first-order valence-electron chi connectivity index (χ1n) is 6.98. The maximum absolute atomic E-state index is 11.9. The Morgan fingerprint density at radius 2 is 2.17 bits per heavy atom. The van der Waals surface area contributed by atoms with Crippen LogP contribution in [0.5, 0.6) is 0 Å². The first-order chi connectivity index (χ1) is 8.70. The van der Waals surface area contributed by atoms with Gasteiger partial charge in [-0.2, -0.15) is 0 Å². The second kappa shape index (κ2) is 6.18. The zero-order valence-electron chi connectivity index (χ0n) is 10.9. The zero-order valence-corrected chi connectivity index (χ0v) is 10.9. The van der Waals surface area contributed by atoms with Gasteiger partial charge in [-0.3, -0.25) is 9.59 Å². The predicted molar refractivity (Wildman–Crippen MR) is 68.8 cm³/mol. The fraction of sp³-hybridized carbons (Fsp3) is 0.846. The molecule has 2 aliphatic rings. The first kappa shape index (κ1) is 13.3. The standard InChI is InChI=1S/C13H23N3O2/c14-8-11(10-5-6-10)15-12(17)9-16-7-3-1-2-4-13(16)18/h10-11H,1-9,14H2,(H,15,17). The van der Waals surface area contributed by atoms with E-state index in [1.165, 1.54) is 0 Å². The molecule has 0 spiro atoms. The van der Waals surface area contributed by atoms with Crippen molar-refractivity contribution in [3.63, 3.8) is 0 Å². The van der Waals surface area contributed by atoms with Crippen LogP contribution in [-0.4, -0.2) is 42.4 Å². The van der Waals surface area contributed by atoms with Gasteiger partial charge >= 0.3 is 0 Å². The van der Waals surface area contributed by atoms with E-state index in [4.69, 9.17) is 5.73 Å². The van der Waals surface area contributed by atoms with Crippen LogP contribution in [0.3, 0.4) is 0 Å². The van der Waals surface area contributed by atoms with Crippen molar-refractivity contribution >= 4 is 11.8 Å². The molecule has 2 fully saturated rings. The molecule has 18 heavy (non-hydrogen) atoms. The molecule has 1 heterocycles. The average Bonchev–Trinajstić information content (AvgIpc) is 3.17. The molecule has 2 amide bonds. The first-order valence-corrected chi connectivity index (χ1v) is 6.98. The van der Waals surface area contributed by atoms with Crippen LogP contribution in [0, 0.1) is 5.92 Å². The lowest BCUT2D eigenvalue weighted by Crippen LogP contribution is -2.47. The Hall–Kier alpha value is -1.10. The fourth-order valence-corrected chi connectivity index (χ4v) is 2.50. The van der Waals surface area contributed by atoms with Crippen molar-refractivity contribution in [1.29, 1.82) is 0 Å². The molecule has 1 saturated heterocycles. The number of nitrogens with one attached hydrogen (secondary N) is 1. The Balaban J connectivity index is 1.79. The Morgan fingerprint density at radius 1 is 1.39 bits per heavy atom. The van der Waals surface area contributed by atoms with E-state index in [9.17, 15) is 9.59 Å². The molecular weight excluding hydrogens is 230 g/mol. The van der Waals surface area contributed by atoms with Gasteiger partial charge in [0.1, 0.15) is 0 Å². The van der Waals surface area contributed by atoms with Gasteiger partial charge in [-0.05, 0) is 31.6 Å². The maximum atomic E-state index is 11.9. The highest BCUT2D eigenvalue weighted by atomic mass is 16.2. The monoisotopic (exact) mass is 253 g/mol. The highest BCUT2D eigenvalue weighted by Crippen LogP contribution is 2.32. The highest BCUT2D eigenvalue weighted by molar-refractivity contribution is 5.85. The van der Waals surface area contributed by atoms with E-state index in [2.05, 4.69) is 5.32 Å². The van der Waals surface area contributed by atoms with Crippen LogP contribution in [0.1, 0.15) is 38.5 Å². The largest absolute Gasteiger partial charge is 0.350 e. The van der Waals surface area contributed by atoms with E-state index in [-0.39, 0.29) is 24.4 Å². The van der Waals surface area contributed by atoms with Crippen molar-refractivity contribution in [2.75, 3.05) is 19.6 Å². The molecule has 0 aromatic heterocycles. The minimum absolute atomic E-state index is 0.0624. The third-order valence-electron chi connectivity index (χ3n) is 3.80. The molecule has 0 aromatic rings. The lowest BCUT2D eigenvalue weighted by molar-refractivity contribution is -0.135. The molecule has 0 radical (unpaired) electrons. The van der Waals surface area contributed by atoms with Gasteiger partial charge in [-0.25, -0.2) is 0 Å². The van der Waals surface area contributed by atoms with E-state index < -0.39 is 0 Å². The van der Waals surface area contributed by atoms with Crippen LogP contribution in [-0.2, 0) is 9.59 Å². The zero-order chi connectivity index (χ0) is 13.0. The van der Waals surface area contributed by atoms with Gasteiger partial charge in [0.05, 0.1) is 6.54 Å². The molecule has 0 aromatic carbocycles. The summed E-state index contributed by atoms with van der Waals surface area (Å²) >= 11 is 0. The fourth-order valence-electron chi connectivity index (χ4n) is 2.50. The molecule has 1 saturated carbocycles. The molecule has 5 nitrogen and oxygen atoms in total. The Labute approximate surface area is 108 Å². The Bertz CT molecular complexity index is 315. The Kier molecular flexibility index (Phi) is 4.58. The number of hydrogen-bond donors (Lipinski definition) is 2. The van der Waals surface area contributed by atoms with Crippen molar-refractivity contribution in [2.45, 2.75) is 44.6 Å². The second-order valence-corrected chi connectivity index (χ2v) is 5.37. The van der Waals surface area contributed by atoms with E-state index in [0.29, 0.717) is 25.4 Å². The molecule has 1 aliphatic carbocycles. The predicted octanol–water partition coefficient (Wildman–Crippen LogP) is 0.242. The number of hydrogen-bond acceptors (Lipinski definition) is 3. The average molecular weight is 253 g/mol. The summed E-state index contributed by atoms with van der Waals surface area (Å²) in [7, 11) is 0. The van der Waals surface area contributed by atoms with Crippen molar-refractivity contribution < 1.29 is 9.59 Å². The minimum Gasteiger partial charge on any atom is -0.350 e. The summed E-state index contributed by atoms with van der Waals surface area (Å²) in [5.74, 6) is 0.602. The molecule has 1 unspecified atom stereocenters. The minimum atomic E-state index is -0.0624. The molecule has 0 bridgehead atoms. The van der Waals surface area contributed by atoms with E-state index >= 15 is 0 Å². The quantitative estimate of drug-likeness (QED) is 0.737. The SMILES string of the molecule is NCC(NC(=O)CN1CCCCCC1=O)C1CC1. The molecule has 1 aliphatic heterocycles. The van der Waals surface area contributed by atoms with Crippen molar-refractivity contribution in [1.82, 2.24) is 10.2 Å². The van der Waals surface area contributed by atoms with Crippen molar-refractivity contribution in [2.24, 2.45) is 11.7 Å². The van der Waals surface area contributed by atoms with Crippen molar-refractivity contribution in [3.8, 4) is 0 Å². The summed E-state index contributed by atoms with van der Waals surface area (Å²) in [5, 5.41) is 2.96. The maximum Gasteiger partial charge on any atom is 0.239 e. The summed E-state index contributed by atoms with van der Waals surface area (Å²) < 4.78 is 0. The van der Waals surface area contributed by atoms with E-state index in [1.54, 1.807) is 4.90 Å². The van der Waals surface area contributed by atoms with Crippen LogP contribution in [0.15, 0.2) is 0 Å². The summed E-state index contributed by atoms with van der Waals surface area (Å²) in [5.41, 5.74) is 5.65. The molecule has 1 atom stereocenters. The van der Waals surface area contributed by atoms with Gasteiger partial charge in [0.2, 0.25) is 11.8 Å². The lowest BCUT2D eigenvalue weighted by atomic mass is 10.2. The van der Waals surface area contributed by atoms with Gasteiger partial charge in [-0.1, -0.05) is 6.42 Å². The van der Waals surface area contributed by atoms with Crippen LogP contribution in [0.25, 0.3) is 0 Å². The number of amides is 2. The number of likely N-dealkylation sites (tertiary alicyclic amines) is 1. The normalized spacial score (nSPS) is 22.5. The van der Waals surface area contributed by atoms with Gasteiger partial charge in [-0.15, -0.1) is 0 Å². The van der Waals surface area contributed by atoms with Crippen LogP contribution in [0.4, 0.5) is 0 Å². The smallest absolute Gasteiger partial charge is 0.239 e. The van der Waals surface area contributed by atoms with Gasteiger partial charge in [0, 0.05) is 25.6 Å². The van der Waals surface area contributed by atoms with Crippen LogP contribution >= 0.6 is 0 Å². The number of nitrogens with zero attached hydrogens (tertiary/aromatic N) is 1. The number of rotatable bonds is 5. The molecule has 5 heteroatoms. The molecule has 2 rings (SSSR count). The summed E-state index contributed by atoms with van der Waals surface area (Å²) in [6.45, 7) is 1.40. The van der Waals surface area contributed by atoms with Crippen LogP contribution < -0.4 is 11.1 Å².